The molecule has 0 atom stereocenters. The van der Waals surface area contributed by atoms with E-state index in [1.165, 1.54) is 28.6 Å². The number of nitrogens with zero attached hydrogens (tertiary/aromatic N) is 2. The minimum atomic E-state index is -0.113. The smallest absolute Gasteiger partial charge is 0.263 e. The van der Waals surface area contributed by atoms with E-state index in [9.17, 15) is 9.59 Å². The van der Waals surface area contributed by atoms with Crippen molar-refractivity contribution in [1.82, 2.24) is 9.55 Å². The molecule has 5 rings (SSSR count). The van der Waals surface area contributed by atoms with E-state index in [0.29, 0.717) is 10.2 Å². The number of anilines is 1. The van der Waals surface area contributed by atoms with Crippen molar-refractivity contribution >= 4 is 56.5 Å². The summed E-state index contributed by atoms with van der Waals surface area (Å²) in [6, 6.07) is 5.59. The SMILES string of the molecule is Cc1cc(Cl)ccc1NC(=O)CSc1nc2sc3c(c2c(=O)n1C1CCCC1)CCCC3. The third-order valence-corrected chi connectivity index (χ3v) is 8.85. The van der Waals surface area contributed by atoms with Gasteiger partial charge in [-0.25, -0.2) is 4.98 Å². The van der Waals surface area contributed by atoms with E-state index in [1.807, 2.05) is 23.6 Å². The first-order chi connectivity index (χ1) is 15.5. The summed E-state index contributed by atoms with van der Waals surface area (Å²) in [7, 11) is 0. The number of aryl methyl sites for hydroxylation is 3. The zero-order chi connectivity index (χ0) is 22.2. The van der Waals surface area contributed by atoms with E-state index >= 15 is 0 Å². The lowest BCUT2D eigenvalue weighted by Crippen LogP contribution is -2.27. The van der Waals surface area contributed by atoms with Crippen molar-refractivity contribution in [1.29, 1.82) is 0 Å². The highest BCUT2D eigenvalue weighted by Gasteiger charge is 2.27. The molecular formula is C24H26ClN3O2S2. The van der Waals surface area contributed by atoms with Crippen molar-refractivity contribution < 1.29 is 4.79 Å². The van der Waals surface area contributed by atoms with Crippen LogP contribution in [0.3, 0.4) is 0 Å². The number of aromatic nitrogens is 2. The van der Waals surface area contributed by atoms with Gasteiger partial charge in [0.05, 0.1) is 11.1 Å². The molecule has 2 aliphatic carbocycles. The standard InChI is InChI=1S/C24H26ClN3O2S2/c1-14-12-15(25)10-11-18(14)26-20(29)13-31-24-27-22-21(17-8-4-5-9-19(17)32-22)23(30)28(24)16-6-2-3-7-16/h10-12,16H,2-9,13H2,1H3,(H,26,29). The number of hydrogen-bond donors (Lipinski definition) is 1. The second-order valence-corrected chi connectivity index (χ2v) is 11.2. The van der Waals surface area contributed by atoms with Crippen LogP contribution in [-0.2, 0) is 17.6 Å². The van der Waals surface area contributed by atoms with Crippen molar-refractivity contribution in [2.45, 2.75) is 69.5 Å². The van der Waals surface area contributed by atoms with Gasteiger partial charge in [0.1, 0.15) is 4.83 Å². The normalized spacial score (nSPS) is 16.4. The highest BCUT2D eigenvalue weighted by Crippen LogP contribution is 2.37. The largest absolute Gasteiger partial charge is 0.325 e. The molecule has 5 nitrogen and oxygen atoms in total. The van der Waals surface area contributed by atoms with Crippen molar-refractivity contribution in [3.63, 3.8) is 0 Å². The average molecular weight is 488 g/mol. The van der Waals surface area contributed by atoms with Crippen LogP contribution in [0.1, 0.15) is 60.6 Å². The minimum absolute atomic E-state index is 0.0951. The van der Waals surface area contributed by atoms with E-state index in [-0.39, 0.29) is 23.3 Å². The Labute approximate surface area is 200 Å². The third kappa shape index (κ3) is 4.22. The van der Waals surface area contributed by atoms with Crippen LogP contribution in [0.2, 0.25) is 5.02 Å². The van der Waals surface area contributed by atoms with Gasteiger partial charge in [0.2, 0.25) is 5.91 Å². The number of thiophene rings is 1. The number of fused-ring (bicyclic) bond motifs is 3. The maximum Gasteiger partial charge on any atom is 0.263 e. The molecule has 2 heterocycles. The molecule has 2 aliphatic rings. The van der Waals surface area contributed by atoms with Crippen LogP contribution in [0, 0.1) is 6.92 Å². The minimum Gasteiger partial charge on any atom is -0.325 e. The second kappa shape index (κ2) is 9.20. The van der Waals surface area contributed by atoms with Gasteiger partial charge in [-0.05, 0) is 74.8 Å². The predicted molar refractivity (Wildman–Crippen MR) is 134 cm³/mol. The molecule has 1 aromatic carbocycles. The zero-order valence-corrected chi connectivity index (χ0v) is 20.5. The number of thioether (sulfide) groups is 1. The molecule has 0 radical (unpaired) electrons. The average Bonchev–Trinajstić information content (AvgIpc) is 3.42. The Morgan fingerprint density at radius 2 is 2.03 bits per heavy atom. The molecule has 3 aromatic rings. The Bertz CT molecular complexity index is 1240. The Hall–Kier alpha value is -1.83. The molecule has 0 unspecified atom stereocenters. The summed E-state index contributed by atoms with van der Waals surface area (Å²) in [4.78, 5) is 33.5. The maximum absolute atomic E-state index is 13.7. The molecule has 0 spiro atoms. The zero-order valence-electron chi connectivity index (χ0n) is 18.1. The summed E-state index contributed by atoms with van der Waals surface area (Å²) >= 11 is 9.05. The Balaban J connectivity index is 1.45. The van der Waals surface area contributed by atoms with Gasteiger partial charge in [-0.2, -0.15) is 0 Å². The molecule has 0 aliphatic heterocycles. The van der Waals surface area contributed by atoms with Gasteiger partial charge in [0.15, 0.2) is 5.16 Å². The molecular weight excluding hydrogens is 462 g/mol. The number of nitrogens with one attached hydrogen (secondary N) is 1. The molecule has 0 saturated heterocycles. The van der Waals surface area contributed by atoms with Crippen LogP contribution in [0.15, 0.2) is 28.2 Å². The van der Waals surface area contributed by atoms with Crippen molar-refractivity contribution in [3.8, 4) is 0 Å². The Kier molecular flexibility index (Phi) is 6.32. The van der Waals surface area contributed by atoms with Crippen LogP contribution in [0.5, 0.6) is 0 Å². The fraction of sp³-hybridized carbons (Fsp3) is 0.458. The van der Waals surface area contributed by atoms with Gasteiger partial charge < -0.3 is 5.32 Å². The van der Waals surface area contributed by atoms with Crippen LogP contribution >= 0.6 is 34.7 Å². The van der Waals surface area contributed by atoms with E-state index < -0.39 is 0 Å². The van der Waals surface area contributed by atoms with Crippen molar-refractivity contribution in [2.75, 3.05) is 11.1 Å². The quantitative estimate of drug-likeness (QED) is 0.346. The van der Waals surface area contributed by atoms with Gasteiger partial charge in [0, 0.05) is 21.6 Å². The fourth-order valence-electron chi connectivity index (χ4n) is 4.87. The Morgan fingerprint density at radius 1 is 1.25 bits per heavy atom. The summed E-state index contributed by atoms with van der Waals surface area (Å²) in [6.07, 6.45) is 8.63. The van der Waals surface area contributed by atoms with Crippen molar-refractivity contribution in [2.24, 2.45) is 0 Å². The molecule has 1 N–H and O–H groups in total. The highest BCUT2D eigenvalue weighted by molar-refractivity contribution is 7.99. The second-order valence-electron chi connectivity index (χ2n) is 8.69. The van der Waals surface area contributed by atoms with Gasteiger partial charge >= 0.3 is 0 Å². The van der Waals surface area contributed by atoms with Crippen LogP contribution in [-0.4, -0.2) is 21.2 Å². The number of benzene rings is 1. The number of rotatable bonds is 5. The predicted octanol–water partition coefficient (Wildman–Crippen LogP) is 6.14. The molecule has 168 valence electrons. The number of hydrogen-bond acceptors (Lipinski definition) is 5. The fourth-order valence-corrected chi connectivity index (χ4v) is 7.26. The van der Waals surface area contributed by atoms with E-state index in [2.05, 4.69) is 5.32 Å². The summed E-state index contributed by atoms with van der Waals surface area (Å²) in [5, 5.41) is 5.11. The topological polar surface area (TPSA) is 64.0 Å². The summed E-state index contributed by atoms with van der Waals surface area (Å²) in [5.74, 6) is 0.0934. The van der Waals surface area contributed by atoms with Gasteiger partial charge in [-0.3, -0.25) is 14.2 Å². The first kappa shape index (κ1) is 22.0. The molecule has 1 saturated carbocycles. The van der Waals surface area contributed by atoms with Gasteiger partial charge in [-0.1, -0.05) is 36.2 Å². The lowest BCUT2D eigenvalue weighted by atomic mass is 9.97. The number of carbonyl (C=O) groups excluding carboxylic acids is 1. The first-order valence-corrected chi connectivity index (χ1v) is 13.4. The van der Waals surface area contributed by atoms with Crippen molar-refractivity contribution in [3.05, 3.63) is 49.6 Å². The summed E-state index contributed by atoms with van der Waals surface area (Å²) in [5.41, 5.74) is 3.00. The molecule has 1 amide bonds. The highest BCUT2D eigenvalue weighted by atomic mass is 35.5. The molecule has 8 heteroatoms. The van der Waals surface area contributed by atoms with Crippen LogP contribution in [0.25, 0.3) is 10.2 Å². The molecule has 1 fully saturated rings. The molecule has 0 bridgehead atoms. The number of carbonyl (C=O) groups is 1. The molecule has 2 aromatic heterocycles. The van der Waals surface area contributed by atoms with Crippen LogP contribution in [0.4, 0.5) is 5.69 Å². The van der Waals surface area contributed by atoms with E-state index in [1.54, 1.807) is 17.4 Å². The lowest BCUT2D eigenvalue weighted by Gasteiger charge is -2.18. The Morgan fingerprint density at radius 3 is 2.81 bits per heavy atom. The van der Waals surface area contributed by atoms with E-state index in [4.69, 9.17) is 16.6 Å². The van der Waals surface area contributed by atoms with E-state index in [0.717, 1.165) is 66.4 Å². The number of halogens is 1. The first-order valence-electron chi connectivity index (χ1n) is 11.3. The summed E-state index contributed by atoms with van der Waals surface area (Å²) in [6.45, 7) is 1.92. The number of amides is 1. The maximum atomic E-state index is 13.7. The molecule has 32 heavy (non-hydrogen) atoms. The third-order valence-electron chi connectivity index (χ3n) is 6.47. The van der Waals surface area contributed by atoms with Gasteiger partial charge in [0.25, 0.3) is 5.56 Å². The summed E-state index contributed by atoms with van der Waals surface area (Å²) < 4.78 is 1.91. The van der Waals surface area contributed by atoms with Crippen LogP contribution < -0.4 is 10.9 Å². The monoisotopic (exact) mass is 487 g/mol. The van der Waals surface area contributed by atoms with Gasteiger partial charge in [-0.15, -0.1) is 11.3 Å². The lowest BCUT2D eigenvalue weighted by molar-refractivity contribution is -0.113.